The first-order chi connectivity index (χ1) is 13.5. The average molecular weight is 453 g/mol. The van der Waals surface area contributed by atoms with Gasteiger partial charge in [0.2, 0.25) is 0 Å². The second-order valence-corrected chi connectivity index (χ2v) is 8.15. The van der Waals surface area contributed by atoms with Crippen LogP contribution in [0.25, 0.3) is 0 Å². The normalized spacial score (nSPS) is 10.6. The second-order valence-electron chi connectivity index (χ2n) is 5.85. The lowest BCUT2D eigenvalue weighted by Crippen LogP contribution is -2.12. The Hall–Kier alpha value is -1.85. The topological polar surface area (TPSA) is 38.3 Å². The molecule has 0 fully saturated rings. The van der Waals surface area contributed by atoms with E-state index in [2.05, 4.69) is 5.32 Å². The van der Waals surface area contributed by atoms with Gasteiger partial charge in [-0.05, 0) is 60.7 Å². The minimum atomic E-state index is -0.237. The predicted molar refractivity (Wildman–Crippen MR) is 118 cm³/mol. The molecule has 0 aliphatic heterocycles. The predicted octanol–water partition coefficient (Wildman–Crippen LogP) is 7.20. The fraction of sp³-hybridized carbons (Fsp3) is 0.0952. The number of rotatable bonds is 6. The van der Waals surface area contributed by atoms with E-state index in [1.807, 2.05) is 30.3 Å². The van der Waals surface area contributed by atoms with Gasteiger partial charge in [-0.3, -0.25) is 4.79 Å². The number of carbonyl (C=O) groups excluding carboxylic acids is 1. The molecule has 0 saturated heterocycles. The van der Waals surface area contributed by atoms with Crippen LogP contribution in [0.1, 0.15) is 15.9 Å². The molecule has 1 amide bonds. The van der Waals surface area contributed by atoms with E-state index in [4.69, 9.17) is 39.5 Å². The van der Waals surface area contributed by atoms with E-state index in [0.29, 0.717) is 32.1 Å². The Morgan fingerprint density at radius 2 is 1.71 bits per heavy atom. The first-order valence-corrected chi connectivity index (χ1v) is 10.4. The van der Waals surface area contributed by atoms with Crippen LogP contribution in [0.4, 0.5) is 5.69 Å². The lowest BCUT2D eigenvalue weighted by Gasteiger charge is -2.12. The van der Waals surface area contributed by atoms with Crippen LogP contribution in [-0.4, -0.2) is 13.0 Å². The summed E-state index contributed by atoms with van der Waals surface area (Å²) >= 11 is 19.5. The summed E-state index contributed by atoms with van der Waals surface area (Å²) in [6.45, 7) is 0. The Labute approximate surface area is 182 Å². The monoisotopic (exact) mass is 451 g/mol. The van der Waals surface area contributed by atoms with E-state index in [1.54, 1.807) is 49.2 Å². The van der Waals surface area contributed by atoms with Gasteiger partial charge in [0.05, 0.1) is 17.2 Å². The Balaban J connectivity index is 1.76. The summed E-state index contributed by atoms with van der Waals surface area (Å²) in [5.74, 6) is 1.14. The van der Waals surface area contributed by atoms with Crippen molar-refractivity contribution in [1.29, 1.82) is 0 Å². The molecule has 3 aromatic carbocycles. The molecule has 3 aromatic rings. The molecule has 3 rings (SSSR count). The van der Waals surface area contributed by atoms with Crippen LogP contribution >= 0.6 is 46.6 Å². The summed E-state index contributed by atoms with van der Waals surface area (Å²) in [6.07, 6.45) is 0. The minimum Gasteiger partial charge on any atom is -0.496 e. The molecule has 3 nitrogen and oxygen atoms in total. The largest absolute Gasteiger partial charge is 0.496 e. The van der Waals surface area contributed by atoms with Crippen LogP contribution in [0.3, 0.4) is 0 Å². The van der Waals surface area contributed by atoms with Gasteiger partial charge in [0.25, 0.3) is 5.91 Å². The molecule has 0 aliphatic carbocycles. The van der Waals surface area contributed by atoms with Crippen molar-refractivity contribution >= 4 is 58.2 Å². The fourth-order valence-electron chi connectivity index (χ4n) is 2.50. The van der Waals surface area contributed by atoms with Crippen LogP contribution in [0, 0.1) is 0 Å². The molecule has 0 spiro atoms. The Morgan fingerprint density at radius 1 is 0.964 bits per heavy atom. The number of ether oxygens (including phenoxy) is 1. The Kier molecular flexibility index (Phi) is 7.13. The standard InChI is InChI=1S/C21H16Cl3NO2S/c1-27-20-9-2-13(21(26)25-16-5-8-18(23)19(24)11-16)10-14(20)12-28-17-6-3-15(22)4-7-17/h2-11H,12H2,1H3,(H,25,26). The van der Waals surface area contributed by atoms with Crippen molar-refractivity contribution in [3.8, 4) is 5.75 Å². The van der Waals surface area contributed by atoms with Crippen LogP contribution < -0.4 is 10.1 Å². The van der Waals surface area contributed by atoms with Crippen LogP contribution in [0.5, 0.6) is 5.75 Å². The first kappa shape index (κ1) is 20.9. The van der Waals surface area contributed by atoms with Crippen molar-refractivity contribution in [3.05, 3.63) is 86.9 Å². The summed E-state index contributed by atoms with van der Waals surface area (Å²) in [4.78, 5) is 13.7. The summed E-state index contributed by atoms with van der Waals surface area (Å²) < 4.78 is 5.44. The summed E-state index contributed by atoms with van der Waals surface area (Å²) in [5, 5.41) is 4.34. The molecule has 0 bridgehead atoms. The molecule has 0 saturated carbocycles. The van der Waals surface area contributed by atoms with Crippen LogP contribution in [0.15, 0.2) is 65.6 Å². The number of thioether (sulfide) groups is 1. The molecule has 0 unspecified atom stereocenters. The quantitative estimate of drug-likeness (QED) is 0.402. The highest BCUT2D eigenvalue weighted by atomic mass is 35.5. The van der Waals surface area contributed by atoms with E-state index in [0.717, 1.165) is 16.2 Å². The summed E-state index contributed by atoms with van der Waals surface area (Å²) in [5.41, 5.74) is 2.02. The van der Waals surface area contributed by atoms with E-state index < -0.39 is 0 Å². The zero-order chi connectivity index (χ0) is 20.1. The average Bonchev–Trinajstić information content (AvgIpc) is 2.70. The highest BCUT2D eigenvalue weighted by Crippen LogP contribution is 2.30. The molecule has 0 atom stereocenters. The van der Waals surface area contributed by atoms with Gasteiger partial charge >= 0.3 is 0 Å². The Bertz CT molecular complexity index is 993. The Morgan fingerprint density at radius 3 is 2.39 bits per heavy atom. The fourth-order valence-corrected chi connectivity index (χ4v) is 3.80. The number of halogens is 3. The van der Waals surface area contributed by atoms with E-state index >= 15 is 0 Å². The number of benzene rings is 3. The number of anilines is 1. The number of amides is 1. The molecule has 0 radical (unpaired) electrons. The smallest absolute Gasteiger partial charge is 0.255 e. The molecule has 0 heterocycles. The second kappa shape index (κ2) is 9.57. The first-order valence-electron chi connectivity index (χ1n) is 8.28. The lowest BCUT2D eigenvalue weighted by atomic mass is 10.1. The van der Waals surface area contributed by atoms with Crippen molar-refractivity contribution in [2.75, 3.05) is 12.4 Å². The number of methoxy groups -OCH3 is 1. The van der Waals surface area contributed by atoms with Gasteiger partial charge < -0.3 is 10.1 Å². The maximum Gasteiger partial charge on any atom is 0.255 e. The van der Waals surface area contributed by atoms with Crippen molar-refractivity contribution in [1.82, 2.24) is 0 Å². The maximum absolute atomic E-state index is 12.6. The number of hydrogen-bond donors (Lipinski definition) is 1. The van der Waals surface area contributed by atoms with Gasteiger partial charge in [0, 0.05) is 32.5 Å². The molecule has 144 valence electrons. The van der Waals surface area contributed by atoms with E-state index in [-0.39, 0.29) is 5.91 Å². The van der Waals surface area contributed by atoms with Gasteiger partial charge in [0.15, 0.2) is 0 Å². The molecule has 0 aliphatic rings. The van der Waals surface area contributed by atoms with Crippen molar-refractivity contribution in [3.63, 3.8) is 0 Å². The van der Waals surface area contributed by atoms with Crippen molar-refractivity contribution in [2.45, 2.75) is 10.6 Å². The highest BCUT2D eigenvalue weighted by Gasteiger charge is 2.12. The third-order valence-electron chi connectivity index (χ3n) is 3.93. The third-order valence-corrected chi connectivity index (χ3v) is 5.98. The number of nitrogens with one attached hydrogen (secondary N) is 1. The van der Waals surface area contributed by atoms with E-state index in [9.17, 15) is 4.79 Å². The summed E-state index contributed by atoms with van der Waals surface area (Å²) in [6, 6.07) is 17.9. The number of hydrogen-bond acceptors (Lipinski definition) is 3. The zero-order valence-corrected chi connectivity index (χ0v) is 17.9. The minimum absolute atomic E-state index is 0.237. The third kappa shape index (κ3) is 5.36. The van der Waals surface area contributed by atoms with Crippen LogP contribution in [0.2, 0.25) is 15.1 Å². The van der Waals surface area contributed by atoms with E-state index in [1.165, 1.54) is 0 Å². The number of carbonyl (C=O) groups is 1. The van der Waals surface area contributed by atoms with Gasteiger partial charge in [-0.2, -0.15) is 0 Å². The van der Waals surface area contributed by atoms with Gasteiger partial charge in [-0.15, -0.1) is 11.8 Å². The molecule has 28 heavy (non-hydrogen) atoms. The van der Waals surface area contributed by atoms with Crippen LogP contribution in [-0.2, 0) is 5.75 Å². The lowest BCUT2D eigenvalue weighted by molar-refractivity contribution is 0.102. The SMILES string of the molecule is COc1ccc(C(=O)Nc2ccc(Cl)c(Cl)c2)cc1CSc1ccc(Cl)cc1. The maximum atomic E-state index is 12.6. The van der Waals surface area contributed by atoms with Crippen molar-refractivity contribution < 1.29 is 9.53 Å². The molecule has 7 heteroatoms. The van der Waals surface area contributed by atoms with Gasteiger partial charge in [-0.25, -0.2) is 0 Å². The molecular weight excluding hydrogens is 437 g/mol. The van der Waals surface area contributed by atoms with Gasteiger partial charge in [0.1, 0.15) is 5.75 Å². The molecule has 0 aromatic heterocycles. The summed E-state index contributed by atoms with van der Waals surface area (Å²) in [7, 11) is 1.61. The van der Waals surface area contributed by atoms with Crippen molar-refractivity contribution in [2.24, 2.45) is 0 Å². The highest BCUT2D eigenvalue weighted by molar-refractivity contribution is 7.98. The van der Waals surface area contributed by atoms with Gasteiger partial charge in [-0.1, -0.05) is 34.8 Å². The molecular formula is C21H16Cl3NO2S. The zero-order valence-electron chi connectivity index (χ0n) is 14.8. The molecule has 1 N–H and O–H groups in total.